The van der Waals surface area contributed by atoms with Crippen molar-refractivity contribution in [2.45, 2.75) is 0 Å². The lowest BCUT2D eigenvalue weighted by atomic mass is 9.94. The predicted octanol–water partition coefficient (Wildman–Crippen LogP) is 22.2. The van der Waals surface area contributed by atoms with Crippen LogP contribution in [0, 0.1) is 0 Å². The lowest BCUT2D eigenvalue weighted by Crippen LogP contribution is -1.96. The third kappa shape index (κ3) is 6.84. The summed E-state index contributed by atoms with van der Waals surface area (Å²) in [5.74, 6) is 0. The molecule has 0 fully saturated rings. The summed E-state index contributed by atoms with van der Waals surface area (Å²) in [5, 5.41) is 18.3. The number of aromatic nitrogens is 4. The highest BCUT2D eigenvalue weighted by Gasteiger charge is 2.25. The Labute approximate surface area is 492 Å². The molecule has 84 heavy (non-hydrogen) atoms. The first-order valence-electron chi connectivity index (χ1n) is 28.5. The van der Waals surface area contributed by atoms with Crippen molar-refractivity contribution >= 4 is 143 Å². The van der Waals surface area contributed by atoms with E-state index in [1.165, 1.54) is 81.3 Å². The zero-order valence-corrected chi connectivity index (χ0v) is 46.6. The van der Waals surface area contributed by atoms with Crippen LogP contribution < -0.4 is 0 Å². The summed E-state index contributed by atoms with van der Waals surface area (Å²) < 4.78 is 9.73. The Bertz CT molecular complexity index is 5750. The number of fused-ring (bicyclic) bond motifs is 20. The number of rotatable bonds is 6. The van der Waals surface area contributed by atoms with Crippen LogP contribution in [0.1, 0.15) is 0 Å². The smallest absolute Gasteiger partial charge is 0.0641 e. The van der Waals surface area contributed by atoms with E-state index in [9.17, 15) is 0 Å². The molecule has 0 spiro atoms. The van der Waals surface area contributed by atoms with Crippen LogP contribution in [0.4, 0.5) is 0 Å². The monoisotopic (exact) mass is 1110 g/mol. The van der Waals surface area contributed by atoms with Gasteiger partial charge in [-0.1, -0.05) is 205 Å². The van der Waals surface area contributed by atoms with Crippen molar-refractivity contribution < 1.29 is 0 Å². The Morgan fingerprint density at radius 1 is 0.190 bits per heavy atom. The minimum absolute atomic E-state index is 0.702. The van der Waals surface area contributed by atoms with Gasteiger partial charge in [0.15, 0.2) is 0 Å². The molecule has 0 aliphatic rings. The van der Waals surface area contributed by atoms with Crippen molar-refractivity contribution in [2.75, 3.05) is 0 Å². The Morgan fingerprint density at radius 3 is 1.17 bits per heavy atom. The van der Waals surface area contributed by atoms with Crippen molar-refractivity contribution in [3.05, 3.63) is 289 Å². The number of hydrogen-bond acceptors (Lipinski definition) is 0. The average Bonchev–Trinajstić information content (AvgIpc) is 1.67. The zero-order valence-electron chi connectivity index (χ0n) is 45.1. The fourth-order valence-corrected chi connectivity index (χ4v) is 14.6. The lowest BCUT2D eigenvalue weighted by molar-refractivity contribution is 1.17. The summed E-state index contributed by atoms with van der Waals surface area (Å²) in [6.45, 7) is 0. The highest BCUT2D eigenvalue weighted by molar-refractivity contribution is 6.34. The van der Waals surface area contributed by atoms with Gasteiger partial charge in [-0.25, -0.2) is 0 Å². The maximum absolute atomic E-state index is 6.94. The molecule has 0 radical (unpaired) electrons. The molecular formula is C78H46Cl2N4. The first kappa shape index (κ1) is 47.3. The molecule has 4 heterocycles. The maximum Gasteiger partial charge on any atom is 0.0641 e. The number of halogens is 2. The highest BCUT2D eigenvalue weighted by Crippen LogP contribution is 2.47. The van der Waals surface area contributed by atoms with E-state index in [1.807, 2.05) is 12.1 Å². The van der Waals surface area contributed by atoms with Crippen LogP contribution in [0.3, 0.4) is 0 Å². The van der Waals surface area contributed by atoms with Crippen LogP contribution in [0.2, 0.25) is 10.0 Å². The van der Waals surface area contributed by atoms with Gasteiger partial charge in [0.05, 0.1) is 44.1 Å². The van der Waals surface area contributed by atoms with E-state index in [-0.39, 0.29) is 0 Å². The first-order chi connectivity index (χ1) is 41.5. The summed E-state index contributed by atoms with van der Waals surface area (Å²) in [6.07, 6.45) is 0. The molecule has 4 nitrogen and oxygen atoms in total. The van der Waals surface area contributed by atoms with Gasteiger partial charge in [0, 0.05) is 75.9 Å². The zero-order chi connectivity index (χ0) is 55.3. The van der Waals surface area contributed by atoms with E-state index in [1.54, 1.807) is 0 Å². The highest BCUT2D eigenvalue weighted by atomic mass is 35.5. The fourth-order valence-electron chi connectivity index (χ4n) is 14.2. The van der Waals surface area contributed by atoms with Crippen LogP contribution in [0.15, 0.2) is 279 Å². The minimum atomic E-state index is 0.702. The molecule has 0 aliphatic carbocycles. The van der Waals surface area contributed by atoms with Crippen LogP contribution in [-0.2, 0) is 0 Å². The van der Waals surface area contributed by atoms with E-state index >= 15 is 0 Å². The van der Waals surface area contributed by atoms with Crippen LogP contribution in [0.5, 0.6) is 0 Å². The fraction of sp³-hybridized carbons (Fsp3) is 0. The van der Waals surface area contributed by atoms with Gasteiger partial charge in [-0.15, -0.1) is 0 Å². The van der Waals surface area contributed by atoms with Gasteiger partial charge in [-0.3, -0.25) is 0 Å². The summed E-state index contributed by atoms with van der Waals surface area (Å²) >= 11 is 13.8. The molecule has 0 saturated heterocycles. The van der Waals surface area contributed by atoms with Crippen molar-refractivity contribution in [3.63, 3.8) is 0 Å². The molecule has 392 valence electrons. The molecule has 18 aromatic rings. The standard InChI is InChI=1S/C78H46Cl2N4/c79-51-28-36-63-65-39-41-70-75(78(65)84(73(63)44-51)56-34-38-61-59-19-8-7-17-57(59)58-18-9-10-20-60(58)68(61)46-56)66-21-11-12-22-69(66)81(70)54-32-25-49(26-33-54)50-27-35-62-64-40-42-71-76(77(64)83(72(62)43-50)53-15-5-2-6-16-53)67-37-29-52(80)45-74(67)82(71)55-30-23-48(24-31-55)47-13-3-1-4-14-47/h1-46H. The van der Waals surface area contributed by atoms with Gasteiger partial charge in [0.1, 0.15) is 0 Å². The van der Waals surface area contributed by atoms with Gasteiger partial charge < -0.3 is 18.3 Å². The van der Waals surface area contributed by atoms with E-state index in [4.69, 9.17) is 23.2 Å². The van der Waals surface area contributed by atoms with Crippen molar-refractivity contribution in [1.29, 1.82) is 0 Å². The molecular weight excluding hydrogens is 1060 g/mol. The summed E-state index contributed by atoms with van der Waals surface area (Å²) in [4.78, 5) is 0. The topological polar surface area (TPSA) is 19.7 Å². The Morgan fingerprint density at radius 2 is 0.560 bits per heavy atom. The molecule has 0 N–H and O–H groups in total. The maximum atomic E-state index is 6.94. The van der Waals surface area contributed by atoms with E-state index < -0.39 is 0 Å². The second kappa shape index (κ2) is 18.1. The molecule has 18 rings (SSSR count). The second-order valence-electron chi connectivity index (χ2n) is 22.2. The predicted molar refractivity (Wildman–Crippen MR) is 357 cm³/mol. The molecule has 0 bridgehead atoms. The second-order valence-corrected chi connectivity index (χ2v) is 23.1. The number of hydrogen-bond donors (Lipinski definition) is 0. The Balaban J connectivity index is 0.807. The third-order valence-corrected chi connectivity index (χ3v) is 18.3. The van der Waals surface area contributed by atoms with Crippen molar-refractivity contribution in [3.8, 4) is 45.0 Å². The molecule has 0 atom stereocenters. The van der Waals surface area contributed by atoms with Gasteiger partial charge in [0.25, 0.3) is 0 Å². The van der Waals surface area contributed by atoms with Gasteiger partial charge in [-0.05, 0) is 152 Å². The normalized spacial score (nSPS) is 12.2. The summed E-state index contributed by atoms with van der Waals surface area (Å²) in [6, 6.07) is 102. The number of para-hydroxylation sites is 2. The van der Waals surface area contributed by atoms with Gasteiger partial charge in [-0.2, -0.15) is 0 Å². The number of benzene rings is 14. The van der Waals surface area contributed by atoms with Gasteiger partial charge >= 0.3 is 0 Å². The average molecular weight is 1110 g/mol. The molecule has 6 heteroatoms. The lowest BCUT2D eigenvalue weighted by Gasteiger charge is -2.14. The largest absolute Gasteiger partial charge is 0.309 e. The minimum Gasteiger partial charge on any atom is -0.309 e. The molecule has 0 unspecified atom stereocenters. The van der Waals surface area contributed by atoms with Crippen LogP contribution in [-0.4, -0.2) is 18.3 Å². The molecule has 14 aromatic carbocycles. The van der Waals surface area contributed by atoms with E-state index in [0.29, 0.717) is 10.0 Å². The molecule has 0 aliphatic heterocycles. The molecule has 4 aromatic heterocycles. The first-order valence-corrected chi connectivity index (χ1v) is 29.3. The van der Waals surface area contributed by atoms with Crippen molar-refractivity contribution in [1.82, 2.24) is 18.3 Å². The Kier molecular flexibility index (Phi) is 10.2. The van der Waals surface area contributed by atoms with E-state index in [0.717, 1.165) is 83.3 Å². The molecule has 0 saturated carbocycles. The molecule has 0 amide bonds. The van der Waals surface area contributed by atoms with E-state index in [2.05, 4.69) is 285 Å². The summed E-state index contributed by atoms with van der Waals surface area (Å²) in [5.41, 5.74) is 18.0. The SMILES string of the molecule is Clc1ccc2c3c(ccc4c5ccc(-c6ccc(-n7c8ccccc8c8c7ccc7c9ccc(Cl)cc9n(-c9ccc%10c%11ccccc%11c%11ccccc%11c%10c9)c78)cc6)cc5n(-c5ccccc5)c43)n(-c3ccc(-c4ccccc4)cc3)c2c1. The van der Waals surface area contributed by atoms with Gasteiger partial charge in [0.2, 0.25) is 0 Å². The summed E-state index contributed by atoms with van der Waals surface area (Å²) in [7, 11) is 0. The quantitative estimate of drug-likeness (QED) is 0.148. The Hall–Kier alpha value is -10.4. The van der Waals surface area contributed by atoms with Crippen molar-refractivity contribution in [2.24, 2.45) is 0 Å². The van der Waals surface area contributed by atoms with Crippen LogP contribution in [0.25, 0.3) is 165 Å². The third-order valence-electron chi connectivity index (χ3n) is 17.8. The number of nitrogens with zero attached hydrogens (tertiary/aromatic N) is 4. The van der Waals surface area contributed by atoms with Crippen LogP contribution >= 0.6 is 23.2 Å².